The maximum Gasteiger partial charge on any atom is 0.304 e. The van der Waals surface area contributed by atoms with E-state index in [4.69, 9.17) is 5.11 Å². The summed E-state index contributed by atoms with van der Waals surface area (Å²) in [6, 6.07) is 0. The average Bonchev–Trinajstić information content (AvgIpc) is 2.70. The lowest BCUT2D eigenvalue weighted by molar-refractivity contribution is -0.137. The topological polar surface area (TPSA) is 82.5 Å². The van der Waals surface area contributed by atoms with Gasteiger partial charge in [0.15, 0.2) is 5.13 Å². The van der Waals surface area contributed by atoms with E-state index in [2.05, 4.69) is 10.3 Å². The molecular weight excluding hydrogens is 254 g/mol. The number of amides is 1. The van der Waals surface area contributed by atoms with Gasteiger partial charge in [0.25, 0.3) is 0 Å². The quantitative estimate of drug-likeness (QED) is 0.783. The molecule has 0 saturated carbocycles. The Bertz CT molecular complexity index is 419. The molecule has 1 rings (SSSR count). The molecule has 0 fully saturated rings. The second-order valence-corrected chi connectivity index (χ2v) is 4.70. The zero-order valence-electron chi connectivity index (χ0n) is 10.5. The van der Waals surface area contributed by atoms with Crippen LogP contribution in [0, 0.1) is 0 Å². The van der Waals surface area contributed by atoms with E-state index in [1.807, 2.05) is 17.2 Å². The van der Waals surface area contributed by atoms with Gasteiger partial charge < -0.3 is 10.4 Å². The van der Waals surface area contributed by atoms with Gasteiger partial charge in [0.1, 0.15) is 0 Å². The molecule has 0 aliphatic carbocycles. The number of thiazole rings is 1. The highest BCUT2D eigenvalue weighted by Gasteiger charge is 2.09. The maximum atomic E-state index is 10.9. The van der Waals surface area contributed by atoms with E-state index in [1.165, 1.54) is 18.3 Å². The molecule has 100 valence electrons. The number of rotatable bonds is 7. The third kappa shape index (κ3) is 5.24. The summed E-state index contributed by atoms with van der Waals surface area (Å²) in [6.45, 7) is 5.27. The normalized spacial score (nSPS) is 10.6. The summed E-state index contributed by atoms with van der Waals surface area (Å²) in [7, 11) is 0. The first-order chi connectivity index (χ1) is 8.51. The standard InChI is InChI=1S/C11H17N3O3S/c1-3-14(5-4-10(16)17)6-9-7-18-11(13-9)12-8(2)15/h7H,3-6H2,1-2H3,(H,16,17)(H,12,13,15). The van der Waals surface area contributed by atoms with E-state index in [-0.39, 0.29) is 12.3 Å². The molecule has 0 unspecified atom stereocenters. The first-order valence-electron chi connectivity index (χ1n) is 5.67. The van der Waals surface area contributed by atoms with E-state index in [0.717, 1.165) is 12.2 Å². The van der Waals surface area contributed by atoms with Crippen LogP contribution in [-0.4, -0.2) is 40.0 Å². The Labute approximate surface area is 110 Å². The van der Waals surface area contributed by atoms with Crippen LogP contribution >= 0.6 is 11.3 Å². The van der Waals surface area contributed by atoms with Gasteiger partial charge in [0.2, 0.25) is 5.91 Å². The van der Waals surface area contributed by atoms with Crippen LogP contribution in [0.5, 0.6) is 0 Å². The minimum atomic E-state index is -0.800. The van der Waals surface area contributed by atoms with Crippen LogP contribution in [0.1, 0.15) is 26.0 Å². The number of aliphatic carboxylic acids is 1. The molecule has 0 atom stereocenters. The minimum Gasteiger partial charge on any atom is -0.481 e. The van der Waals surface area contributed by atoms with Gasteiger partial charge in [0.05, 0.1) is 12.1 Å². The monoisotopic (exact) mass is 271 g/mol. The number of nitrogens with one attached hydrogen (secondary N) is 1. The number of anilines is 1. The Morgan fingerprint density at radius 1 is 1.56 bits per heavy atom. The van der Waals surface area contributed by atoms with Crippen molar-refractivity contribution >= 4 is 28.3 Å². The molecule has 0 aliphatic heterocycles. The fraction of sp³-hybridized carbons (Fsp3) is 0.545. The number of carbonyl (C=O) groups excluding carboxylic acids is 1. The Morgan fingerprint density at radius 3 is 2.83 bits per heavy atom. The fourth-order valence-electron chi connectivity index (χ4n) is 1.42. The molecule has 1 amide bonds. The highest BCUT2D eigenvalue weighted by atomic mass is 32.1. The van der Waals surface area contributed by atoms with E-state index in [0.29, 0.717) is 18.2 Å². The third-order valence-electron chi connectivity index (χ3n) is 2.31. The summed E-state index contributed by atoms with van der Waals surface area (Å²) in [5, 5.41) is 13.7. The molecule has 0 aliphatic rings. The van der Waals surface area contributed by atoms with Gasteiger partial charge in [-0.1, -0.05) is 6.92 Å². The lowest BCUT2D eigenvalue weighted by atomic mass is 10.3. The molecule has 18 heavy (non-hydrogen) atoms. The number of hydrogen-bond donors (Lipinski definition) is 2. The Morgan fingerprint density at radius 2 is 2.28 bits per heavy atom. The van der Waals surface area contributed by atoms with Gasteiger partial charge in [-0.25, -0.2) is 4.98 Å². The molecule has 0 bridgehead atoms. The Hall–Kier alpha value is -1.47. The van der Waals surface area contributed by atoms with E-state index < -0.39 is 5.97 Å². The zero-order valence-corrected chi connectivity index (χ0v) is 11.3. The summed E-state index contributed by atoms with van der Waals surface area (Å²) in [4.78, 5) is 27.6. The van der Waals surface area contributed by atoms with Crippen molar-refractivity contribution < 1.29 is 14.7 Å². The van der Waals surface area contributed by atoms with Crippen molar-refractivity contribution in [2.24, 2.45) is 0 Å². The largest absolute Gasteiger partial charge is 0.481 e. The Kier molecular flexibility index (Phi) is 5.73. The van der Waals surface area contributed by atoms with Crippen molar-refractivity contribution in [2.45, 2.75) is 26.8 Å². The summed E-state index contributed by atoms with van der Waals surface area (Å²) >= 11 is 1.37. The molecule has 0 spiro atoms. The van der Waals surface area contributed by atoms with Crippen molar-refractivity contribution in [2.75, 3.05) is 18.4 Å². The number of carboxylic acids is 1. The second kappa shape index (κ2) is 7.07. The van der Waals surface area contributed by atoms with Crippen LogP contribution in [0.3, 0.4) is 0 Å². The lowest BCUT2D eigenvalue weighted by Gasteiger charge is -2.17. The van der Waals surface area contributed by atoms with Crippen LogP contribution in [0.4, 0.5) is 5.13 Å². The van der Waals surface area contributed by atoms with Gasteiger partial charge in [-0.15, -0.1) is 11.3 Å². The summed E-state index contributed by atoms with van der Waals surface area (Å²) in [6.07, 6.45) is 0.122. The smallest absolute Gasteiger partial charge is 0.304 e. The van der Waals surface area contributed by atoms with Crippen molar-refractivity contribution in [1.82, 2.24) is 9.88 Å². The van der Waals surface area contributed by atoms with Crippen molar-refractivity contribution in [3.05, 3.63) is 11.1 Å². The van der Waals surface area contributed by atoms with Gasteiger partial charge in [-0.05, 0) is 6.54 Å². The van der Waals surface area contributed by atoms with Gasteiger partial charge in [-0.3, -0.25) is 14.5 Å². The summed E-state index contributed by atoms with van der Waals surface area (Å²) < 4.78 is 0. The molecule has 7 heteroatoms. The molecule has 2 N–H and O–H groups in total. The minimum absolute atomic E-state index is 0.122. The van der Waals surface area contributed by atoms with Crippen molar-refractivity contribution in [3.63, 3.8) is 0 Å². The molecule has 1 heterocycles. The molecule has 1 aromatic heterocycles. The number of carbonyl (C=O) groups is 2. The molecule has 0 saturated heterocycles. The molecule has 0 aromatic carbocycles. The molecular formula is C11H17N3O3S. The predicted molar refractivity (Wildman–Crippen MR) is 69.6 cm³/mol. The SMILES string of the molecule is CCN(CCC(=O)O)Cc1csc(NC(C)=O)n1. The van der Waals surface area contributed by atoms with E-state index >= 15 is 0 Å². The van der Waals surface area contributed by atoms with Gasteiger partial charge in [-0.2, -0.15) is 0 Å². The molecule has 6 nitrogen and oxygen atoms in total. The van der Waals surface area contributed by atoms with Gasteiger partial charge >= 0.3 is 5.97 Å². The molecule has 0 radical (unpaired) electrons. The highest BCUT2D eigenvalue weighted by Crippen LogP contribution is 2.16. The van der Waals surface area contributed by atoms with Crippen LogP contribution in [0.2, 0.25) is 0 Å². The van der Waals surface area contributed by atoms with Crippen LogP contribution in [0.15, 0.2) is 5.38 Å². The number of hydrogen-bond acceptors (Lipinski definition) is 5. The lowest BCUT2D eigenvalue weighted by Crippen LogP contribution is -2.25. The predicted octanol–water partition coefficient (Wildman–Crippen LogP) is 1.40. The summed E-state index contributed by atoms with van der Waals surface area (Å²) in [5.41, 5.74) is 0.844. The molecule has 1 aromatic rings. The van der Waals surface area contributed by atoms with Gasteiger partial charge in [0, 0.05) is 25.4 Å². The number of aromatic nitrogens is 1. The zero-order chi connectivity index (χ0) is 13.5. The van der Waals surface area contributed by atoms with E-state index in [1.54, 1.807) is 0 Å². The highest BCUT2D eigenvalue weighted by molar-refractivity contribution is 7.13. The third-order valence-corrected chi connectivity index (χ3v) is 3.12. The van der Waals surface area contributed by atoms with Crippen LogP contribution < -0.4 is 5.32 Å². The number of carboxylic acid groups (broad SMARTS) is 1. The van der Waals surface area contributed by atoms with Crippen molar-refractivity contribution in [3.8, 4) is 0 Å². The van der Waals surface area contributed by atoms with E-state index in [9.17, 15) is 9.59 Å². The van der Waals surface area contributed by atoms with Crippen LogP contribution in [-0.2, 0) is 16.1 Å². The van der Waals surface area contributed by atoms with Crippen LogP contribution in [0.25, 0.3) is 0 Å². The fourth-order valence-corrected chi connectivity index (χ4v) is 2.17. The maximum absolute atomic E-state index is 10.9. The first kappa shape index (κ1) is 14.6. The Balaban J connectivity index is 2.51. The van der Waals surface area contributed by atoms with Crippen molar-refractivity contribution in [1.29, 1.82) is 0 Å². The average molecular weight is 271 g/mol. The number of nitrogens with zero attached hydrogens (tertiary/aromatic N) is 2. The summed E-state index contributed by atoms with van der Waals surface area (Å²) in [5.74, 6) is -0.945. The first-order valence-corrected chi connectivity index (χ1v) is 6.55. The second-order valence-electron chi connectivity index (χ2n) is 3.84.